The summed E-state index contributed by atoms with van der Waals surface area (Å²) in [5.74, 6) is 4.38. The number of aromatic nitrogens is 1. The molecule has 1 heterocycles. The van der Waals surface area contributed by atoms with E-state index in [-0.39, 0.29) is 0 Å². The Bertz CT molecular complexity index is 439. The number of nitrogens with zero attached hydrogens (tertiary/aromatic N) is 1. The molecule has 0 aromatic carbocycles. The Morgan fingerprint density at radius 3 is 3.00 bits per heavy atom. The highest BCUT2D eigenvalue weighted by Gasteiger charge is 2.15. The van der Waals surface area contributed by atoms with Gasteiger partial charge in [0.05, 0.1) is 12.3 Å². The fourth-order valence-corrected chi connectivity index (χ4v) is 1.75. The number of rotatable bonds is 2. The fraction of sp³-hybridized carbons (Fsp3) is 0.300. The number of ether oxygens (including phenoxy) is 1. The number of esters is 1. The van der Waals surface area contributed by atoms with Crippen LogP contribution in [-0.4, -0.2) is 23.8 Å². The first-order valence-corrected chi connectivity index (χ1v) is 5.10. The number of hydrogen-bond acceptors (Lipinski definition) is 5. The lowest BCUT2D eigenvalue weighted by atomic mass is 10.4. The van der Waals surface area contributed by atoms with Crippen LogP contribution in [0.5, 0.6) is 0 Å². The van der Waals surface area contributed by atoms with Crippen LogP contribution >= 0.6 is 11.3 Å². The minimum atomic E-state index is -0.397. The first kappa shape index (κ1) is 11.4. The third-order valence-electron chi connectivity index (χ3n) is 1.50. The number of aryl methyl sites for hydroxylation is 1. The van der Waals surface area contributed by atoms with E-state index in [1.807, 2.05) is 0 Å². The molecule has 4 nitrogen and oxygen atoms in total. The zero-order valence-corrected chi connectivity index (χ0v) is 9.18. The Kier molecular flexibility index (Phi) is 4.01. The van der Waals surface area contributed by atoms with Gasteiger partial charge in [-0.2, -0.15) is 0 Å². The van der Waals surface area contributed by atoms with Gasteiger partial charge in [-0.15, -0.1) is 0 Å². The third kappa shape index (κ3) is 2.89. The molecule has 0 bridgehead atoms. The van der Waals surface area contributed by atoms with Crippen LogP contribution in [0.3, 0.4) is 0 Å². The molecular weight excluding hydrogens is 214 g/mol. The Labute approximate surface area is 91.3 Å². The largest absolute Gasteiger partial charge is 0.462 e. The van der Waals surface area contributed by atoms with Gasteiger partial charge in [0, 0.05) is 0 Å². The molecule has 1 aromatic heterocycles. The minimum absolute atomic E-state index is 0.325. The molecule has 0 N–H and O–H groups in total. The van der Waals surface area contributed by atoms with Crippen molar-refractivity contribution in [2.24, 2.45) is 0 Å². The van der Waals surface area contributed by atoms with E-state index in [9.17, 15) is 9.59 Å². The van der Waals surface area contributed by atoms with E-state index in [4.69, 9.17) is 4.74 Å². The van der Waals surface area contributed by atoms with Crippen LogP contribution < -0.4 is 0 Å². The van der Waals surface area contributed by atoms with E-state index >= 15 is 0 Å². The molecule has 0 saturated heterocycles. The lowest BCUT2D eigenvalue weighted by molar-refractivity contribution is -0.103. The van der Waals surface area contributed by atoms with Gasteiger partial charge in [0.2, 0.25) is 0 Å². The van der Waals surface area contributed by atoms with Gasteiger partial charge in [0.15, 0.2) is 11.3 Å². The second-order valence-corrected chi connectivity index (χ2v) is 3.54. The van der Waals surface area contributed by atoms with Crippen LogP contribution in [0.1, 0.15) is 27.3 Å². The number of carbonyl (C=O) groups is 2. The zero-order chi connectivity index (χ0) is 11.3. The number of hydrogen-bond donors (Lipinski definition) is 0. The van der Waals surface area contributed by atoms with E-state index in [1.165, 1.54) is 0 Å². The van der Waals surface area contributed by atoms with E-state index in [0.717, 1.165) is 11.3 Å². The molecule has 1 aromatic rings. The molecule has 0 atom stereocenters. The molecule has 0 spiro atoms. The number of carbonyl (C=O) groups excluding carboxylic acids is 2. The molecule has 15 heavy (non-hydrogen) atoms. The molecule has 78 valence electrons. The van der Waals surface area contributed by atoms with E-state index in [1.54, 1.807) is 13.8 Å². The van der Waals surface area contributed by atoms with Crippen LogP contribution in [-0.2, 0) is 9.53 Å². The SMILES string of the molecule is CCOC(=O)c1sc(C#CC=O)nc1C. The topological polar surface area (TPSA) is 56.3 Å². The van der Waals surface area contributed by atoms with Crippen LogP contribution in [0.15, 0.2) is 0 Å². The lowest BCUT2D eigenvalue weighted by Gasteiger charge is -1.97. The normalized spacial score (nSPS) is 8.93. The Hall–Kier alpha value is -1.67. The third-order valence-corrected chi connectivity index (χ3v) is 2.55. The van der Waals surface area contributed by atoms with Crippen LogP contribution in [0, 0.1) is 18.8 Å². The summed E-state index contributed by atoms with van der Waals surface area (Å²) in [5.41, 5.74) is 0.577. The molecule has 1 rings (SSSR count). The van der Waals surface area contributed by atoms with Crippen molar-refractivity contribution >= 4 is 23.6 Å². The molecule has 0 unspecified atom stereocenters. The van der Waals surface area contributed by atoms with Crippen molar-refractivity contribution in [3.05, 3.63) is 15.6 Å². The molecular formula is C10H9NO3S. The van der Waals surface area contributed by atoms with Gasteiger partial charge in [-0.1, -0.05) is 11.3 Å². The highest BCUT2D eigenvalue weighted by atomic mass is 32.1. The summed E-state index contributed by atoms with van der Waals surface area (Å²) < 4.78 is 4.84. The maximum Gasteiger partial charge on any atom is 0.350 e. The van der Waals surface area contributed by atoms with Gasteiger partial charge in [-0.3, -0.25) is 4.79 Å². The van der Waals surface area contributed by atoms with Crippen molar-refractivity contribution in [2.75, 3.05) is 6.61 Å². The quantitative estimate of drug-likeness (QED) is 0.429. The van der Waals surface area contributed by atoms with Crippen molar-refractivity contribution in [2.45, 2.75) is 13.8 Å². The Morgan fingerprint density at radius 1 is 1.67 bits per heavy atom. The van der Waals surface area contributed by atoms with Crippen LogP contribution in [0.2, 0.25) is 0 Å². The Balaban J connectivity index is 2.95. The molecule has 5 heteroatoms. The molecule has 0 aliphatic heterocycles. The van der Waals surface area contributed by atoms with Gasteiger partial charge < -0.3 is 4.74 Å². The highest BCUT2D eigenvalue weighted by Crippen LogP contribution is 2.18. The van der Waals surface area contributed by atoms with Crippen molar-refractivity contribution in [1.82, 2.24) is 4.98 Å². The molecule has 0 radical (unpaired) electrons. The molecule has 0 aliphatic carbocycles. The first-order valence-electron chi connectivity index (χ1n) is 4.28. The summed E-state index contributed by atoms with van der Waals surface area (Å²) in [7, 11) is 0. The summed E-state index contributed by atoms with van der Waals surface area (Å²) in [6.45, 7) is 3.77. The average Bonchev–Trinajstić information content (AvgIpc) is 2.57. The summed E-state index contributed by atoms with van der Waals surface area (Å²) in [6.07, 6.45) is 0.487. The van der Waals surface area contributed by atoms with Crippen LogP contribution in [0.25, 0.3) is 0 Å². The predicted molar refractivity (Wildman–Crippen MR) is 55.7 cm³/mol. The summed E-state index contributed by atoms with van der Waals surface area (Å²) >= 11 is 1.13. The second kappa shape index (κ2) is 5.27. The standard InChI is InChI=1S/C10H9NO3S/c1-3-14-10(13)9-7(2)11-8(15-9)5-4-6-12/h6H,3H2,1-2H3. The highest BCUT2D eigenvalue weighted by molar-refractivity contribution is 7.14. The zero-order valence-electron chi connectivity index (χ0n) is 8.36. The van der Waals surface area contributed by atoms with Gasteiger partial charge in [0.1, 0.15) is 4.88 Å². The molecule has 0 aliphatic rings. The predicted octanol–water partition coefficient (Wildman–Crippen LogP) is 1.18. The summed E-state index contributed by atoms with van der Waals surface area (Å²) in [6, 6.07) is 0. The number of thiazole rings is 1. The molecule has 0 amide bonds. The maximum atomic E-state index is 11.4. The number of aldehydes is 1. The van der Waals surface area contributed by atoms with Gasteiger partial charge in [0.25, 0.3) is 0 Å². The lowest BCUT2D eigenvalue weighted by Crippen LogP contribution is -2.03. The van der Waals surface area contributed by atoms with Crippen molar-refractivity contribution in [1.29, 1.82) is 0 Å². The maximum absolute atomic E-state index is 11.4. The monoisotopic (exact) mass is 223 g/mol. The molecule has 0 saturated carbocycles. The van der Waals surface area contributed by atoms with E-state index < -0.39 is 5.97 Å². The summed E-state index contributed by atoms with van der Waals surface area (Å²) in [5, 5.41) is 0.447. The van der Waals surface area contributed by atoms with E-state index in [2.05, 4.69) is 16.8 Å². The smallest absolute Gasteiger partial charge is 0.350 e. The van der Waals surface area contributed by atoms with Gasteiger partial charge in [-0.25, -0.2) is 9.78 Å². The van der Waals surface area contributed by atoms with Gasteiger partial charge in [-0.05, 0) is 25.7 Å². The first-order chi connectivity index (χ1) is 7.19. The molecule has 0 fully saturated rings. The Morgan fingerprint density at radius 2 is 2.40 bits per heavy atom. The van der Waals surface area contributed by atoms with Crippen LogP contribution in [0.4, 0.5) is 0 Å². The minimum Gasteiger partial charge on any atom is -0.462 e. The average molecular weight is 223 g/mol. The second-order valence-electron chi connectivity index (χ2n) is 2.54. The van der Waals surface area contributed by atoms with Crippen molar-refractivity contribution in [3.8, 4) is 11.8 Å². The van der Waals surface area contributed by atoms with Gasteiger partial charge >= 0.3 is 5.97 Å². The fourth-order valence-electron chi connectivity index (χ4n) is 0.927. The van der Waals surface area contributed by atoms with Crippen molar-refractivity contribution in [3.63, 3.8) is 0 Å². The van der Waals surface area contributed by atoms with E-state index in [0.29, 0.717) is 28.5 Å². The van der Waals surface area contributed by atoms with Crippen molar-refractivity contribution < 1.29 is 14.3 Å². The summed E-state index contributed by atoms with van der Waals surface area (Å²) in [4.78, 5) is 25.9.